The maximum absolute atomic E-state index is 10.6. The first-order valence-corrected chi connectivity index (χ1v) is 6.91. The molecule has 3 heteroatoms. The molecule has 3 rings (SSSR count). The van der Waals surface area contributed by atoms with E-state index < -0.39 is 5.60 Å². The van der Waals surface area contributed by atoms with Gasteiger partial charge in [0.1, 0.15) is 0 Å². The summed E-state index contributed by atoms with van der Waals surface area (Å²) in [5.41, 5.74) is 1.29. The van der Waals surface area contributed by atoms with Gasteiger partial charge in [-0.15, -0.1) is 0 Å². The molecule has 17 heavy (non-hydrogen) atoms. The molecule has 0 aliphatic carbocycles. The normalized spacial score (nSPS) is 28.7. The quantitative estimate of drug-likeness (QED) is 0.838. The molecule has 2 nitrogen and oxygen atoms in total. The van der Waals surface area contributed by atoms with E-state index in [2.05, 4.69) is 11.9 Å². The van der Waals surface area contributed by atoms with Gasteiger partial charge in [-0.2, -0.15) is 11.8 Å². The first kappa shape index (κ1) is 11.1. The lowest BCUT2D eigenvalue weighted by Crippen LogP contribution is -2.25. The molecule has 2 atom stereocenters. The number of hydrogen-bond acceptors (Lipinski definition) is 3. The van der Waals surface area contributed by atoms with Gasteiger partial charge in [-0.05, 0) is 24.1 Å². The Morgan fingerprint density at radius 2 is 2.29 bits per heavy atom. The number of aliphatic hydroxyl groups is 1. The standard InChI is InChI=1S/C14H15NOS/c1-10-8-14(16,9-17-10)12-5-4-11-3-2-6-15-13(11)7-12/h2-7,10,16H,8-9H2,1H3. The molecule has 1 fully saturated rings. The molecule has 1 N–H and O–H groups in total. The second-order valence-corrected chi connectivity index (χ2v) is 6.19. The van der Waals surface area contributed by atoms with Gasteiger partial charge in [-0.1, -0.05) is 25.1 Å². The van der Waals surface area contributed by atoms with Crippen LogP contribution in [0.5, 0.6) is 0 Å². The molecule has 0 amide bonds. The highest BCUT2D eigenvalue weighted by molar-refractivity contribution is 8.00. The van der Waals surface area contributed by atoms with Crippen LogP contribution in [0.1, 0.15) is 18.9 Å². The van der Waals surface area contributed by atoms with Crippen molar-refractivity contribution >= 4 is 22.7 Å². The number of thioether (sulfide) groups is 1. The summed E-state index contributed by atoms with van der Waals surface area (Å²) in [4.78, 5) is 4.35. The van der Waals surface area contributed by atoms with Gasteiger partial charge in [0, 0.05) is 22.6 Å². The van der Waals surface area contributed by atoms with E-state index in [0.29, 0.717) is 5.25 Å². The Balaban J connectivity index is 2.06. The molecule has 1 saturated heterocycles. The number of nitrogens with zero attached hydrogens (tertiary/aromatic N) is 1. The van der Waals surface area contributed by atoms with Gasteiger partial charge in [0.15, 0.2) is 0 Å². The first-order valence-electron chi connectivity index (χ1n) is 5.87. The number of benzene rings is 1. The molecule has 2 unspecified atom stereocenters. The molecule has 1 aromatic carbocycles. The van der Waals surface area contributed by atoms with Gasteiger partial charge in [-0.25, -0.2) is 0 Å². The Kier molecular flexibility index (Phi) is 2.60. The predicted octanol–water partition coefficient (Wildman–Crippen LogP) is 2.95. The van der Waals surface area contributed by atoms with E-state index in [1.54, 1.807) is 6.20 Å². The van der Waals surface area contributed by atoms with Crippen molar-refractivity contribution in [1.29, 1.82) is 0 Å². The summed E-state index contributed by atoms with van der Waals surface area (Å²) >= 11 is 1.83. The van der Waals surface area contributed by atoms with Crippen molar-refractivity contribution in [2.75, 3.05) is 5.75 Å². The van der Waals surface area contributed by atoms with Crippen LogP contribution < -0.4 is 0 Å². The van der Waals surface area contributed by atoms with Gasteiger partial charge in [0.05, 0.1) is 11.1 Å². The highest BCUT2D eigenvalue weighted by Gasteiger charge is 2.37. The van der Waals surface area contributed by atoms with Crippen LogP contribution in [0.4, 0.5) is 0 Å². The van der Waals surface area contributed by atoms with Crippen LogP contribution in [-0.4, -0.2) is 21.1 Å². The Morgan fingerprint density at radius 3 is 3.06 bits per heavy atom. The van der Waals surface area contributed by atoms with Crippen molar-refractivity contribution in [3.63, 3.8) is 0 Å². The summed E-state index contributed by atoms with van der Waals surface area (Å²) in [6.07, 6.45) is 2.62. The van der Waals surface area contributed by atoms with Gasteiger partial charge < -0.3 is 5.11 Å². The molecule has 1 aliphatic heterocycles. The number of aromatic nitrogens is 1. The van der Waals surface area contributed by atoms with Crippen molar-refractivity contribution in [3.05, 3.63) is 42.1 Å². The van der Waals surface area contributed by atoms with Crippen LogP contribution >= 0.6 is 11.8 Å². The third-order valence-electron chi connectivity index (χ3n) is 3.38. The summed E-state index contributed by atoms with van der Waals surface area (Å²) in [6.45, 7) is 2.17. The van der Waals surface area contributed by atoms with Crippen LogP contribution in [0.25, 0.3) is 10.9 Å². The zero-order valence-corrected chi connectivity index (χ0v) is 10.6. The third-order valence-corrected chi connectivity index (χ3v) is 4.75. The highest BCUT2D eigenvalue weighted by Crippen LogP contribution is 2.41. The molecular weight excluding hydrogens is 230 g/mol. The minimum atomic E-state index is -0.671. The van der Waals surface area contributed by atoms with Crippen molar-refractivity contribution in [1.82, 2.24) is 4.98 Å². The summed E-state index contributed by atoms with van der Waals surface area (Å²) in [7, 11) is 0. The fraction of sp³-hybridized carbons (Fsp3) is 0.357. The van der Waals surface area contributed by atoms with E-state index in [1.165, 1.54) is 0 Å². The van der Waals surface area contributed by atoms with Gasteiger partial charge in [0.25, 0.3) is 0 Å². The lowest BCUT2D eigenvalue weighted by molar-refractivity contribution is 0.0613. The van der Waals surface area contributed by atoms with Crippen LogP contribution in [0.2, 0.25) is 0 Å². The molecule has 0 saturated carbocycles. The second kappa shape index (κ2) is 4.00. The lowest BCUT2D eigenvalue weighted by Gasteiger charge is -2.22. The molecule has 1 aliphatic rings. The molecule has 88 valence electrons. The van der Waals surface area contributed by atoms with Gasteiger partial charge in [-0.3, -0.25) is 4.98 Å². The van der Waals surface area contributed by atoms with E-state index in [1.807, 2.05) is 42.1 Å². The van der Waals surface area contributed by atoms with E-state index in [4.69, 9.17) is 0 Å². The molecule has 0 radical (unpaired) electrons. The Morgan fingerprint density at radius 1 is 1.41 bits per heavy atom. The number of fused-ring (bicyclic) bond motifs is 1. The van der Waals surface area contributed by atoms with Crippen molar-refractivity contribution in [3.8, 4) is 0 Å². The van der Waals surface area contributed by atoms with E-state index in [-0.39, 0.29) is 0 Å². The average Bonchev–Trinajstić information content (AvgIpc) is 2.70. The predicted molar refractivity (Wildman–Crippen MR) is 72.2 cm³/mol. The third kappa shape index (κ3) is 1.94. The van der Waals surface area contributed by atoms with Crippen molar-refractivity contribution in [2.24, 2.45) is 0 Å². The molecule has 2 heterocycles. The zero-order valence-electron chi connectivity index (χ0n) is 9.76. The Bertz CT molecular complexity index is 557. The monoisotopic (exact) mass is 245 g/mol. The number of hydrogen-bond donors (Lipinski definition) is 1. The van der Waals surface area contributed by atoms with Crippen LogP contribution in [-0.2, 0) is 5.60 Å². The topological polar surface area (TPSA) is 33.1 Å². The number of pyridine rings is 1. The largest absolute Gasteiger partial charge is 0.384 e. The summed E-state index contributed by atoms with van der Waals surface area (Å²) in [6, 6.07) is 10.1. The number of rotatable bonds is 1. The Labute approximate surface area is 105 Å². The fourth-order valence-electron chi connectivity index (χ4n) is 2.43. The summed E-state index contributed by atoms with van der Waals surface area (Å²) in [5.74, 6) is 0.784. The minimum Gasteiger partial charge on any atom is -0.384 e. The highest BCUT2D eigenvalue weighted by atomic mass is 32.2. The molecular formula is C14H15NOS. The fourth-order valence-corrected chi connectivity index (χ4v) is 3.67. The molecule has 2 aromatic rings. The SMILES string of the molecule is CC1CC(O)(c2ccc3cccnc3c2)CS1. The first-order chi connectivity index (χ1) is 8.17. The van der Waals surface area contributed by atoms with Gasteiger partial charge >= 0.3 is 0 Å². The molecule has 0 spiro atoms. The minimum absolute atomic E-state index is 0.527. The Hall–Kier alpha value is -1.06. The smallest absolute Gasteiger partial charge is 0.0997 e. The second-order valence-electron chi connectivity index (χ2n) is 4.77. The maximum atomic E-state index is 10.6. The van der Waals surface area contributed by atoms with Crippen molar-refractivity contribution in [2.45, 2.75) is 24.2 Å². The van der Waals surface area contributed by atoms with E-state index in [0.717, 1.165) is 28.6 Å². The van der Waals surface area contributed by atoms with Crippen LogP contribution in [0.15, 0.2) is 36.5 Å². The lowest BCUT2D eigenvalue weighted by atomic mass is 9.91. The molecule has 1 aromatic heterocycles. The van der Waals surface area contributed by atoms with Crippen LogP contribution in [0, 0.1) is 0 Å². The van der Waals surface area contributed by atoms with E-state index >= 15 is 0 Å². The van der Waals surface area contributed by atoms with Crippen molar-refractivity contribution < 1.29 is 5.11 Å². The summed E-state index contributed by atoms with van der Waals surface area (Å²) < 4.78 is 0. The van der Waals surface area contributed by atoms with Gasteiger partial charge in [0.2, 0.25) is 0 Å². The maximum Gasteiger partial charge on any atom is 0.0997 e. The summed E-state index contributed by atoms with van der Waals surface area (Å²) in [5, 5.41) is 12.3. The van der Waals surface area contributed by atoms with Crippen LogP contribution in [0.3, 0.4) is 0 Å². The zero-order chi connectivity index (χ0) is 11.9. The average molecular weight is 245 g/mol. The molecule has 0 bridgehead atoms. The van der Waals surface area contributed by atoms with E-state index in [9.17, 15) is 5.11 Å².